The average Bonchev–Trinajstić information content (AvgIpc) is 3.01. The highest BCUT2D eigenvalue weighted by atomic mass is 16.7. The molecule has 8 heteroatoms. The van der Waals surface area contributed by atoms with E-state index in [2.05, 4.69) is 10.4 Å². The van der Waals surface area contributed by atoms with Crippen molar-refractivity contribution < 1.29 is 14.4 Å². The Hall–Kier alpha value is -2.77. The molecule has 0 radical (unpaired) electrons. The number of hydrogen-bond acceptors (Lipinski definition) is 6. The summed E-state index contributed by atoms with van der Waals surface area (Å²) in [4.78, 5) is 10.4. The van der Waals surface area contributed by atoms with E-state index in [1.807, 2.05) is 18.2 Å². The minimum atomic E-state index is -0.463. The number of ether oxygens (including phenoxy) is 2. The van der Waals surface area contributed by atoms with Gasteiger partial charge in [-0.2, -0.15) is 0 Å². The van der Waals surface area contributed by atoms with Crippen LogP contribution in [0.2, 0.25) is 0 Å². The Morgan fingerprint density at radius 3 is 3.05 bits per heavy atom. The van der Waals surface area contributed by atoms with Crippen molar-refractivity contribution >= 4 is 11.5 Å². The van der Waals surface area contributed by atoms with Gasteiger partial charge in [-0.05, 0) is 17.7 Å². The highest BCUT2D eigenvalue weighted by molar-refractivity contribution is 5.55. The smallest absolute Gasteiger partial charge is 0.330 e. The normalized spacial score (nSPS) is 12.4. The Labute approximate surface area is 114 Å². The van der Waals surface area contributed by atoms with Gasteiger partial charge in [-0.1, -0.05) is 6.07 Å². The SMILES string of the molecule is Cn1cc([N+](=O)[O-])c(NCc2ccc3c(c2)OCO3)n1. The van der Waals surface area contributed by atoms with Gasteiger partial charge in [0.25, 0.3) is 0 Å². The van der Waals surface area contributed by atoms with Crippen LogP contribution >= 0.6 is 0 Å². The van der Waals surface area contributed by atoms with Gasteiger partial charge in [-0.15, -0.1) is 5.10 Å². The summed E-state index contributed by atoms with van der Waals surface area (Å²) in [5, 5.41) is 17.9. The summed E-state index contributed by atoms with van der Waals surface area (Å²) in [7, 11) is 1.64. The molecule has 0 fully saturated rings. The van der Waals surface area contributed by atoms with Gasteiger partial charge in [0.1, 0.15) is 6.20 Å². The molecule has 0 bridgehead atoms. The fraction of sp³-hybridized carbons (Fsp3) is 0.250. The van der Waals surface area contributed by atoms with E-state index < -0.39 is 4.92 Å². The van der Waals surface area contributed by atoms with Crippen LogP contribution in [0, 0.1) is 10.1 Å². The molecular formula is C12H12N4O4. The Balaban J connectivity index is 1.75. The van der Waals surface area contributed by atoms with E-state index >= 15 is 0 Å². The van der Waals surface area contributed by atoms with Crippen molar-refractivity contribution in [1.82, 2.24) is 9.78 Å². The summed E-state index contributed by atoms with van der Waals surface area (Å²) < 4.78 is 11.9. The number of aromatic nitrogens is 2. The first kappa shape index (κ1) is 12.3. The molecule has 0 spiro atoms. The number of aryl methyl sites for hydroxylation is 1. The van der Waals surface area contributed by atoms with Crippen LogP contribution < -0.4 is 14.8 Å². The molecule has 20 heavy (non-hydrogen) atoms. The van der Waals surface area contributed by atoms with Gasteiger partial charge in [-0.25, -0.2) is 0 Å². The average molecular weight is 276 g/mol. The first-order valence-electron chi connectivity index (χ1n) is 5.94. The number of nitro groups is 1. The topological polar surface area (TPSA) is 91.5 Å². The number of hydrogen-bond donors (Lipinski definition) is 1. The number of benzene rings is 1. The van der Waals surface area contributed by atoms with Gasteiger partial charge in [0.15, 0.2) is 11.5 Å². The molecule has 1 N–H and O–H groups in total. The van der Waals surface area contributed by atoms with Gasteiger partial charge in [-0.3, -0.25) is 14.8 Å². The molecule has 0 saturated carbocycles. The van der Waals surface area contributed by atoms with Crippen molar-refractivity contribution in [3.63, 3.8) is 0 Å². The van der Waals surface area contributed by atoms with Gasteiger partial charge >= 0.3 is 5.69 Å². The molecular weight excluding hydrogens is 264 g/mol. The summed E-state index contributed by atoms with van der Waals surface area (Å²) in [6, 6.07) is 5.52. The second kappa shape index (κ2) is 4.72. The second-order valence-corrected chi connectivity index (χ2v) is 4.33. The van der Waals surface area contributed by atoms with Crippen molar-refractivity contribution in [2.24, 2.45) is 7.05 Å². The molecule has 2 aromatic rings. The standard InChI is InChI=1S/C12H12N4O4/c1-15-6-9(16(17)18)12(14-15)13-5-8-2-3-10-11(4-8)20-7-19-10/h2-4,6H,5,7H2,1H3,(H,13,14). The van der Waals surface area contributed by atoms with E-state index in [0.717, 1.165) is 5.56 Å². The van der Waals surface area contributed by atoms with Gasteiger partial charge in [0.2, 0.25) is 12.6 Å². The van der Waals surface area contributed by atoms with Crippen LogP contribution in [-0.2, 0) is 13.6 Å². The van der Waals surface area contributed by atoms with Crippen LogP contribution in [-0.4, -0.2) is 21.5 Å². The zero-order valence-electron chi connectivity index (χ0n) is 10.7. The first-order valence-corrected chi connectivity index (χ1v) is 5.94. The molecule has 0 unspecified atom stereocenters. The molecule has 1 aliphatic rings. The molecule has 1 aromatic heterocycles. The van der Waals surface area contributed by atoms with E-state index in [4.69, 9.17) is 9.47 Å². The van der Waals surface area contributed by atoms with E-state index in [1.165, 1.54) is 10.9 Å². The minimum absolute atomic E-state index is 0.0479. The molecule has 0 atom stereocenters. The molecule has 1 aromatic carbocycles. The lowest BCUT2D eigenvalue weighted by molar-refractivity contribution is -0.384. The number of nitrogens with one attached hydrogen (secondary N) is 1. The van der Waals surface area contributed by atoms with Gasteiger partial charge in [0.05, 0.1) is 4.92 Å². The summed E-state index contributed by atoms with van der Waals surface area (Å²) in [5.74, 6) is 1.63. The number of anilines is 1. The predicted molar refractivity (Wildman–Crippen MR) is 69.8 cm³/mol. The highest BCUT2D eigenvalue weighted by Crippen LogP contribution is 2.32. The van der Waals surface area contributed by atoms with Crippen LogP contribution in [0.5, 0.6) is 11.5 Å². The fourth-order valence-electron chi connectivity index (χ4n) is 1.97. The Kier molecular flexibility index (Phi) is 2.90. The molecule has 0 aliphatic carbocycles. The predicted octanol–water partition coefficient (Wildman–Crippen LogP) is 1.67. The third kappa shape index (κ3) is 2.22. The van der Waals surface area contributed by atoms with Crippen LogP contribution in [0.15, 0.2) is 24.4 Å². The van der Waals surface area contributed by atoms with Crippen molar-refractivity contribution in [3.05, 3.63) is 40.1 Å². The Morgan fingerprint density at radius 1 is 1.45 bits per heavy atom. The quantitative estimate of drug-likeness (QED) is 0.674. The van der Waals surface area contributed by atoms with Gasteiger partial charge < -0.3 is 14.8 Å². The number of fused-ring (bicyclic) bond motifs is 1. The van der Waals surface area contributed by atoms with E-state index in [-0.39, 0.29) is 18.3 Å². The first-order chi connectivity index (χ1) is 9.63. The van der Waals surface area contributed by atoms with Crippen LogP contribution in [0.4, 0.5) is 11.5 Å². The second-order valence-electron chi connectivity index (χ2n) is 4.33. The third-order valence-electron chi connectivity index (χ3n) is 2.90. The number of rotatable bonds is 4. The van der Waals surface area contributed by atoms with Crippen LogP contribution in [0.1, 0.15) is 5.56 Å². The highest BCUT2D eigenvalue weighted by Gasteiger charge is 2.18. The fourth-order valence-corrected chi connectivity index (χ4v) is 1.97. The Bertz CT molecular complexity index is 667. The van der Waals surface area contributed by atoms with Crippen molar-refractivity contribution in [2.75, 3.05) is 12.1 Å². The number of nitrogens with zero attached hydrogens (tertiary/aromatic N) is 3. The zero-order chi connectivity index (χ0) is 14.1. The largest absolute Gasteiger partial charge is 0.454 e. The molecule has 0 saturated heterocycles. The summed E-state index contributed by atoms with van der Waals surface area (Å²) in [6.45, 7) is 0.631. The molecule has 8 nitrogen and oxygen atoms in total. The Morgan fingerprint density at radius 2 is 2.25 bits per heavy atom. The van der Waals surface area contributed by atoms with Crippen molar-refractivity contribution in [1.29, 1.82) is 0 Å². The van der Waals surface area contributed by atoms with Gasteiger partial charge in [0, 0.05) is 13.6 Å². The zero-order valence-corrected chi connectivity index (χ0v) is 10.7. The summed E-state index contributed by atoms with van der Waals surface area (Å²) in [6.07, 6.45) is 1.36. The molecule has 0 amide bonds. The maximum Gasteiger partial charge on any atom is 0.330 e. The van der Waals surface area contributed by atoms with E-state index in [1.54, 1.807) is 7.05 Å². The summed E-state index contributed by atoms with van der Waals surface area (Å²) in [5.41, 5.74) is 0.877. The van der Waals surface area contributed by atoms with Crippen molar-refractivity contribution in [3.8, 4) is 11.5 Å². The lowest BCUT2D eigenvalue weighted by Crippen LogP contribution is -2.02. The molecule has 1 aliphatic heterocycles. The maximum absolute atomic E-state index is 10.9. The lowest BCUT2D eigenvalue weighted by Gasteiger charge is -2.04. The minimum Gasteiger partial charge on any atom is -0.454 e. The maximum atomic E-state index is 10.9. The van der Waals surface area contributed by atoms with Crippen LogP contribution in [0.25, 0.3) is 0 Å². The monoisotopic (exact) mass is 276 g/mol. The van der Waals surface area contributed by atoms with E-state index in [9.17, 15) is 10.1 Å². The van der Waals surface area contributed by atoms with Crippen molar-refractivity contribution in [2.45, 2.75) is 6.54 Å². The lowest BCUT2D eigenvalue weighted by atomic mass is 10.2. The van der Waals surface area contributed by atoms with E-state index in [0.29, 0.717) is 18.0 Å². The molecule has 2 heterocycles. The summed E-state index contributed by atoms with van der Waals surface area (Å²) >= 11 is 0. The molecule has 3 rings (SSSR count). The third-order valence-corrected chi connectivity index (χ3v) is 2.90. The molecule has 104 valence electrons. The van der Waals surface area contributed by atoms with Crippen LogP contribution in [0.3, 0.4) is 0 Å².